The Balaban J connectivity index is 2.23. The molecule has 0 spiro atoms. The molecule has 0 aliphatic rings. The molecule has 1 aromatic rings. The number of carboxylic acids is 1. The number of benzene rings is 1. The molecule has 0 saturated heterocycles. The summed E-state index contributed by atoms with van der Waals surface area (Å²) in [6.07, 6.45) is 4.76. The van der Waals surface area contributed by atoms with Gasteiger partial charge in [-0.2, -0.15) is 0 Å². The Kier molecular flexibility index (Phi) is 6.89. The van der Waals surface area contributed by atoms with Crippen LogP contribution in [0.25, 0.3) is 0 Å². The molecule has 0 atom stereocenters. The van der Waals surface area contributed by atoms with Gasteiger partial charge in [0.05, 0.1) is 5.56 Å². The van der Waals surface area contributed by atoms with E-state index in [9.17, 15) is 9.59 Å². The van der Waals surface area contributed by atoms with Crippen LogP contribution >= 0.6 is 0 Å². The van der Waals surface area contributed by atoms with E-state index < -0.39 is 5.97 Å². The molecule has 0 aliphatic carbocycles. The lowest BCUT2D eigenvalue weighted by Gasteiger charge is -2.07. The average Bonchev–Trinajstić information content (AvgIpc) is 2.45. The molecule has 108 valence electrons. The number of nitrogens with one attached hydrogen (secondary N) is 2. The molecule has 0 bridgehead atoms. The van der Waals surface area contributed by atoms with E-state index in [4.69, 9.17) is 5.11 Å². The van der Waals surface area contributed by atoms with Gasteiger partial charge in [-0.25, -0.2) is 9.59 Å². The molecule has 2 amide bonds. The Bertz CT molecular complexity index is 455. The number of allylic oxidation sites excluding steroid dienone is 1. The highest BCUT2D eigenvalue weighted by Crippen LogP contribution is 2.04. The van der Waals surface area contributed by atoms with Crippen LogP contribution in [0.5, 0.6) is 0 Å². The van der Waals surface area contributed by atoms with Gasteiger partial charge in [0.15, 0.2) is 0 Å². The predicted octanol–water partition coefficient (Wildman–Crippen LogP) is 2.54. The molecule has 0 radical (unpaired) electrons. The predicted molar refractivity (Wildman–Crippen MR) is 77.7 cm³/mol. The first kappa shape index (κ1) is 15.8. The minimum atomic E-state index is -0.957. The zero-order valence-electron chi connectivity index (χ0n) is 11.4. The third kappa shape index (κ3) is 6.04. The lowest BCUT2D eigenvalue weighted by molar-refractivity contribution is 0.0697. The number of unbranched alkanes of at least 4 members (excludes halogenated alkanes) is 2. The van der Waals surface area contributed by atoms with Crippen LogP contribution < -0.4 is 10.6 Å². The van der Waals surface area contributed by atoms with Crippen molar-refractivity contribution in [1.82, 2.24) is 10.6 Å². The third-order valence-corrected chi connectivity index (χ3v) is 2.77. The lowest BCUT2D eigenvalue weighted by Crippen LogP contribution is -2.35. The van der Waals surface area contributed by atoms with Crippen LogP contribution in [0.1, 0.15) is 35.2 Å². The lowest BCUT2D eigenvalue weighted by atomic mass is 10.1. The second kappa shape index (κ2) is 8.74. The summed E-state index contributed by atoms with van der Waals surface area (Å²) >= 11 is 0. The molecular weight excluding hydrogens is 256 g/mol. The van der Waals surface area contributed by atoms with E-state index in [1.807, 2.05) is 6.08 Å². The van der Waals surface area contributed by atoms with Gasteiger partial charge >= 0.3 is 12.0 Å². The van der Waals surface area contributed by atoms with Crippen LogP contribution in [0.2, 0.25) is 0 Å². The summed E-state index contributed by atoms with van der Waals surface area (Å²) in [6, 6.07) is 6.20. The van der Waals surface area contributed by atoms with E-state index in [0.717, 1.165) is 24.8 Å². The van der Waals surface area contributed by atoms with Crippen LogP contribution in [0.4, 0.5) is 4.79 Å². The van der Waals surface area contributed by atoms with Gasteiger partial charge in [-0.1, -0.05) is 18.2 Å². The quantitative estimate of drug-likeness (QED) is 0.504. The molecular formula is C15H20N2O3. The first-order valence-corrected chi connectivity index (χ1v) is 6.58. The summed E-state index contributed by atoms with van der Waals surface area (Å²) < 4.78 is 0. The Morgan fingerprint density at radius 1 is 1.15 bits per heavy atom. The standard InChI is InChI=1S/C15H20N2O3/c1-2-3-4-5-10-16-15(20)17-11-12-6-8-13(9-7-12)14(18)19/h2,6-9H,1,3-5,10-11H2,(H,18,19)(H2,16,17,20). The molecule has 1 rings (SSSR count). The smallest absolute Gasteiger partial charge is 0.335 e. The zero-order chi connectivity index (χ0) is 14.8. The highest BCUT2D eigenvalue weighted by atomic mass is 16.4. The van der Waals surface area contributed by atoms with Gasteiger partial charge in [0, 0.05) is 13.1 Å². The van der Waals surface area contributed by atoms with Crippen molar-refractivity contribution in [2.75, 3.05) is 6.54 Å². The van der Waals surface area contributed by atoms with Gasteiger partial charge in [0.25, 0.3) is 0 Å². The molecule has 5 heteroatoms. The molecule has 20 heavy (non-hydrogen) atoms. The fraction of sp³-hybridized carbons (Fsp3) is 0.333. The SMILES string of the molecule is C=CCCCCNC(=O)NCc1ccc(C(=O)O)cc1. The van der Waals surface area contributed by atoms with Gasteiger partial charge < -0.3 is 15.7 Å². The van der Waals surface area contributed by atoms with Gasteiger partial charge in [-0.05, 0) is 37.0 Å². The van der Waals surface area contributed by atoms with Gasteiger partial charge in [0.2, 0.25) is 0 Å². The summed E-state index contributed by atoms with van der Waals surface area (Å²) in [5, 5.41) is 14.3. The molecule has 0 fully saturated rings. The number of hydrogen-bond acceptors (Lipinski definition) is 2. The van der Waals surface area contributed by atoms with Crippen molar-refractivity contribution in [3.05, 3.63) is 48.0 Å². The number of carboxylic acid groups (broad SMARTS) is 1. The largest absolute Gasteiger partial charge is 0.478 e. The summed E-state index contributed by atoms with van der Waals surface area (Å²) in [5.74, 6) is -0.957. The monoisotopic (exact) mass is 276 g/mol. The number of carbonyl (C=O) groups is 2. The molecule has 0 aliphatic heterocycles. The number of hydrogen-bond donors (Lipinski definition) is 3. The van der Waals surface area contributed by atoms with Crippen LogP contribution in [0.3, 0.4) is 0 Å². The van der Waals surface area contributed by atoms with Crippen molar-refractivity contribution >= 4 is 12.0 Å². The molecule has 5 nitrogen and oxygen atoms in total. The topological polar surface area (TPSA) is 78.4 Å². The second-order valence-electron chi connectivity index (χ2n) is 4.40. The van der Waals surface area contributed by atoms with E-state index >= 15 is 0 Å². The minimum absolute atomic E-state index is 0.217. The van der Waals surface area contributed by atoms with Crippen LogP contribution in [-0.4, -0.2) is 23.7 Å². The van der Waals surface area contributed by atoms with Crippen LogP contribution in [0, 0.1) is 0 Å². The third-order valence-electron chi connectivity index (χ3n) is 2.77. The molecule has 0 unspecified atom stereocenters. The normalized spacial score (nSPS) is 9.80. The number of aromatic carboxylic acids is 1. The minimum Gasteiger partial charge on any atom is -0.478 e. The zero-order valence-corrected chi connectivity index (χ0v) is 11.4. The van der Waals surface area contributed by atoms with Crippen LogP contribution in [0.15, 0.2) is 36.9 Å². The Labute approximate surface area is 118 Å². The summed E-state index contributed by atoms with van der Waals surface area (Å²) in [4.78, 5) is 22.2. The Hall–Kier alpha value is -2.30. The number of urea groups is 1. The van der Waals surface area contributed by atoms with Crippen molar-refractivity contribution in [2.24, 2.45) is 0 Å². The summed E-state index contributed by atoms with van der Waals surface area (Å²) in [7, 11) is 0. The molecule has 0 aromatic heterocycles. The van der Waals surface area contributed by atoms with E-state index in [1.54, 1.807) is 12.1 Å². The van der Waals surface area contributed by atoms with Gasteiger partial charge in [-0.3, -0.25) is 0 Å². The molecule has 0 saturated carbocycles. The molecule has 1 aromatic carbocycles. The van der Waals surface area contributed by atoms with Crippen molar-refractivity contribution in [3.8, 4) is 0 Å². The highest BCUT2D eigenvalue weighted by molar-refractivity contribution is 5.87. The van der Waals surface area contributed by atoms with E-state index in [2.05, 4.69) is 17.2 Å². The molecule has 3 N–H and O–H groups in total. The van der Waals surface area contributed by atoms with Gasteiger partial charge in [-0.15, -0.1) is 6.58 Å². The van der Waals surface area contributed by atoms with Crippen molar-refractivity contribution < 1.29 is 14.7 Å². The first-order chi connectivity index (χ1) is 9.63. The maximum absolute atomic E-state index is 11.5. The van der Waals surface area contributed by atoms with Crippen molar-refractivity contribution in [1.29, 1.82) is 0 Å². The van der Waals surface area contributed by atoms with E-state index in [1.165, 1.54) is 12.1 Å². The van der Waals surface area contributed by atoms with E-state index in [0.29, 0.717) is 13.1 Å². The first-order valence-electron chi connectivity index (χ1n) is 6.58. The Morgan fingerprint density at radius 3 is 2.45 bits per heavy atom. The average molecular weight is 276 g/mol. The number of carbonyl (C=O) groups excluding carboxylic acids is 1. The number of rotatable bonds is 8. The summed E-state index contributed by atoms with van der Waals surface area (Å²) in [5.41, 5.74) is 1.09. The molecule has 0 heterocycles. The maximum atomic E-state index is 11.5. The fourth-order valence-electron chi connectivity index (χ4n) is 1.63. The van der Waals surface area contributed by atoms with Gasteiger partial charge in [0.1, 0.15) is 0 Å². The maximum Gasteiger partial charge on any atom is 0.335 e. The van der Waals surface area contributed by atoms with Crippen molar-refractivity contribution in [2.45, 2.75) is 25.8 Å². The Morgan fingerprint density at radius 2 is 1.85 bits per heavy atom. The summed E-state index contributed by atoms with van der Waals surface area (Å²) in [6.45, 7) is 4.65. The van der Waals surface area contributed by atoms with Crippen LogP contribution in [-0.2, 0) is 6.54 Å². The van der Waals surface area contributed by atoms with Crippen molar-refractivity contribution in [3.63, 3.8) is 0 Å². The van der Waals surface area contributed by atoms with E-state index in [-0.39, 0.29) is 11.6 Å². The highest BCUT2D eigenvalue weighted by Gasteiger charge is 2.03. The fourth-order valence-corrected chi connectivity index (χ4v) is 1.63. The number of amides is 2. The second-order valence-corrected chi connectivity index (χ2v) is 4.40.